The monoisotopic (exact) mass is 439 g/mol. The van der Waals surface area contributed by atoms with E-state index in [0.29, 0.717) is 36.4 Å². The maximum atomic E-state index is 11.0. The van der Waals surface area contributed by atoms with E-state index in [9.17, 15) is 13.5 Å². The molecule has 0 bridgehead atoms. The van der Waals surface area contributed by atoms with Crippen molar-refractivity contribution in [2.24, 2.45) is 11.1 Å². The third-order valence-corrected chi connectivity index (χ3v) is 6.33. The number of rotatable bonds is 8. The Morgan fingerprint density at radius 1 is 1.38 bits per heavy atom. The van der Waals surface area contributed by atoms with Crippen LogP contribution in [0.25, 0.3) is 11.2 Å². The number of hydrogen-bond acceptors (Lipinski definition) is 10. The van der Waals surface area contributed by atoms with Crippen LogP contribution in [0.3, 0.4) is 0 Å². The van der Waals surface area contributed by atoms with Crippen LogP contribution in [0.15, 0.2) is 23.8 Å². The van der Waals surface area contributed by atoms with Gasteiger partial charge < -0.3 is 10.4 Å². The number of anilines is 1. The summed E-state index contributed by atoms with van der Waals surface area (Å²) in [6.45, 7) is 0.530. The summed E-state index contributed by atoms with van der Waals surface area (Å²) in [5, 5.41) is 28.9. The van der Waals surface area contributed by atoms with Gasteiger partial charge in [-0.2, -0.15) is 8.42 Å². The molecule has 0 spiro atoms. The molecule has 1 saturated carbocycles. The number of fused-ring (bicyclic) bond motifs is 1. The van der Waals surface area contributed by atoms with Gasteiger partial charge in [0, 0.05) is 17.3 Å². The van der Waals surface area contributed by atoms with Crippen LogP contribution in [0.4, 0.5) is 5.82 Å². The SMILES string of the molecule is NS(=O)(=O)OCC1CC(n2nnc3c(NCCc4cccs4)ncnc32)CC1O. The standard InChI is InChI=1S/C16H21N7O4S2/c17-29(25,26)27-8-10-6-11(7-13(10)24)23-16-14(21-22-23)15(19-9-20-16)18-4-3-12-2-1-5-28-12/h1-2,5,9-11,13,24H,3-4,6-8H2,(H2,17,25,26)(H,18,19,20). The second kappa shape index (κ2) is 8.28. The molecule has 0 saturated heterocycles. The van der Waals surface area contributed by atoms with Crippen LogP contribution in [-0.2, 0) is 20.9 Å². The Labute approximate surface area is 171 Å². The Bertz CT molecular complexity index is 1070. The highest BCUT2D eigenvalue weighted by molar-refractivity contribution is 7.84. The van der Waals surface area contributed by atoms with E-state index in [2.05, 4.69) is 35.8 Å². The van der Waals surface area contributed by atoms with Gasteiger partial charge >= 0.3 is 10.3 Å². The number of nitrogens with one attached hydrogen (secondary N) is 1. The summed E-state index contributed by atoms with van der Waals surface area (Å²) >= 11 is 1.70. The predicted octanol–water partition coefficient (Wildman–Crippen LogP) is 0.469. The van der Waals surface area contributed by atoms with Crippen LogP contribution < -0.4 is 10.5 Å². The second-order valence-electron chi connectivity index (χ2n) is 6.91. The summed E-state index contributed by atoms with van der Waals surface area (Å²) in [5.41, 5.74) is 1.11. The molecule has 3 atom stereocenters. The van der Waals surface area contributed by atoms with Crippen LogP contribution in [0.2, 0.25) is 0 Å². The van der Waals surface area contributed by atoms with Gasteiger partial charge in [0.1, 0.15) is 6.33 Å². The maximum absolute atomic E-state index is 11.0. The summed E-state index contributed by atoms with van der Waals surface area (Å²) in [4.78, 5) is 9.84. The molecule has 11 nitrogen and oxygen atoms in total. The van der Waals surface area contributed by atoms with Gasteiger partial charge in [-0.15, -0.1) is 16.4 Å². The highest BCUT2D eigenvalue weighted by Crippen LogP contribution is 2.36. The molecule has 1 aliphatic carbocycles. The molecule has 0 aromatic carbocycles. The topological polar surface area (TPSA) is 158 Å². The molecule has 0 radical (unpaired) electrons. The fraction of sp³-hybridized carbons (Fsp3) is 0.500. The van der Waals surface area contributed by atoms with Crippen LogP contribution in [0.1, 0.15) is 23.8 Å². The predicted molar refractivity (Wildman–Crippen MR) is 106 cm³/mol. The first kappa shape index (κ1) is 20.1. The lowest BCUT2D eigenvalue weighted by molar-refractivity contribution is 0.100. The Morgan fingerprint density at radius 2 is 2.24 bits per heavy atom. The lowest BCUT2D eigenvalue weighted by Gasteiger charge is -2.12. The molecule has 4 N–H and O–H groups in total. The van der Waals surface area contributed by atoms with E-state index >= 15 is 0 Å². The normalized spacial score (nSPS) is 22.3. The minimum absolute atomic E-state index is 0.173. The van der Waals surface area contributed by atoms with Gasteiger partial charge in [0.2, 0.25) is 0 Å². The van der Waals surface area contributed by atoms with Crippen molar-refractivity contribution < 1.29 is 17.7 Å². The molecule has 3 aromatic rings. The van der Waals surface area contributed by atoms with E-state index in [1.165, 1.54) is 11.2 Å². The molecule has 3 aromatic heterocycles. The lowest BCUT2D eigenvalue weighted by Crippen LogP contribution is -2.24. The fourth-order valence-electron chi connectivity index (χ4n) is 3.53. The largest absolute Gasteiger partial charge is 0.393 e. The zero-order valence-corrected chi connectivity index (χ0v) is 17.0. The molecule has 29 heavy (non-hydrogen) atoms. The van der Waals surface area contributed by atoms with Gasteiger partial charge in [-0.25, -0.2) is 19.8 Å². The third kappa shape index (κ3) is 4.70. The lowest BCUT2D eigenvalue weighted by atomic mass is 10.1. The molecular weight excluding hydrogens is 418 g/mol. The van der Waals surface area contributed by atoms with Crippen molar-refractivity contribution in [3.8, 4) is 0 Å². The first-order valence-electron chi connectivity index (χ1n) is 9.08. The molecule has 1 fully saturated rings. The maximum Gasteiger partial charge on any atom is 0.333 e. The van der Waals surface area contributed by atoms with Crippen molar-refractivity contribution in [2.75, 3.05) is 18.5 Å². The Hall–Kier alpha value is -2.19. The molecule has 1 aliphatic rings. The van der Waals surface area contributed by atoms with Crippen LogP contribution in [0, 0.1) is 5.92 Å². The highest BCUT2D eigenvalue weighted by Gasteiger charge is 2.36. The number of nitrogens with zero attached hydrogens (tertiary/aromatic N) is 5. The van der Waals surface area contributed by atoms with Gasteiger partial charge in [-0.05, 0) is 30.7 Å². The molecule has 0 amide bonds. The minimum atomic E-state index is -4.05. The van der Waals surface area contributed by atoms with Gasteiger partial charge in [0.05, 0.1) is 18.8 Å². The van der Waals surface area contributed by atoms with E-state index in [1.807, 2.05) is 11.4 Å². The minimum Gasteiger partial charge on any atom is -0.393 e. The van der Waals surface area contributed by atoms with E-state index in [0.717, 1.165) is 6.42 Å². The first-order chi connectivity index (χ1) is 13.9. The van der Waals surface area contributed by atoms with Crippen molar-refractivity contribution in [1.29, 1.82) is 0 Å². The smallest absolute Gasteiger partial charge is 0.333 e. The van der Waals surface area contributed by atoms with Crippen LogP contribution in [-0.4, -0.2) is 57.7 Å². The zero-order valence-electron chi connectivity index (χ0n) is 15.4. The van der Waals surface area contributed by atoms with Gasteiger partial charge in [-0.3, -0.25) is 4.18 Å². The summed E-state index contributed by atoms with van der Waals surface area (Å²) in [6.07, 6.45) is 2.45. The first-order valence-corrected chi connectivity index (χ1v) is 11.4. The number of aromatic nitrogens is 5. The summed E-state index contributed by atoms with van der Waals surface area (Å²) in [7, 11) is -4.05. The van der Waals surface area contributed by atoms with E-state index in [-0.39, 0.29) is 18.6 Å². The van der Waals surface area contributed by atoms with E-state index in [4.69, 9.17) is 5.14 Å². The highest BCUT2D eigenvalue weighted by atomic mass is 32.2. The molecular formula is C16H21N7O4S2. The molecule has 13 heteroatoms. The van der Waals surface area contributed by atoms with Gasteiger partial charge in [-0.1, -0.05) is 11.3 Å². The van der Waals surface area contributed by atoms with Crippen LogP contribution >= 0.6 is 11.3 Å². The number of aliphatic hydroxyl groups excluding tert-OH is 1. The second-order valence-corrected chi connectivity index (χ2v) is 9.17. The fourth-order valence-corrected chi connectivity index (χ4v) is 4.61. The molecule has 0 aliphatic heterocycles. The number of nitrogens with two attached hydrogens (primary N) is 1. The van der Waals surface area contributed by atoms with Crippen molar-refractivity contribution >= 4 is 38.6 Å². The van der Waals surface area contributed by atoms with Gasteiger partial charge in [0.25, 0.3) is 0 Å². The third-order valence-electron chi connectivity index (χ3n) is 4.93. The molecule has 3 unspecified atom stereocenters. The average Bonchev–Trinajstić information content (AvgIpc) is 3.39. The Balaban J connectivity index is 1.46. The average molecular weight is 440 g/mol. The van der Waals surface area contributed by atoms with Crippen molar-refractivity contribution in [1.82, 2.24) is 25.0 Å². The van der Waals surface area contributed by atoms with Crippen molar-refractivity contribution in [3.05, 3.63) is 28.7 Å². The summed E-state index contributed by atoms with van der Waals surface area (Å²) < 4.78 is 28.3. The van der Waals surface area contributed by atoms with E-state index in [1.54, 1.807) is 16.0 Å². The molecule has 4 rings (SSSR count). The summed E-state index contributed by atoms with van der Waals surface area (Å²) in [6, 6.07) is 3.92. The molecule has 3 heterocycles. The molecule has 156 valence electrons. The van der Waals surface area contributed by atoms with Gasteiger partial charge in [0.15, 0.2) is 17.0 Å². The number of hydrogen-bond donors (Lipinski definition) is 3. The van der Waals surface area contributed by atoms with Crippen molar-refractivity contribution in [3.63, 3.8) is 0 Å². The Kier molecular flexibility index (Phi) is 5.74. The van der Waals surface area contributed by atoms with Crippen molar-refractivity contribution in [2.45, 2.75) is 31.4 Å². The van der Waals surface area contributed by atoms with Crippen LogP contribution in [0.5, 0.6) is 0 Å². The van der Waals surface area contributed by atoms with E-state index < -0.39 is 16.4 Å². The zero-order chi connectivity index (χ0) is 20.4. The number of thiophene rings is 1. The number of aliphatic hydroxyl groups is 1. The summed E-state index contributed by atoms with van der Waals surface area (Å²) in [5.74, 6) is 0.230. The quantitative estimate of drug-likeness (QED) is 0.453. The Morgan fingerprint density at radius 3 is 3.00 bits per heavy atom.